The standard InChI is InChI=1S/C25H24F2N4O/c1-30-9-11-31(12-10-30)18-5-3-16(4-6-18)23-19-7-8-28-25(19)29-15-20(23)17-13-21(26)24(32-2)22(27)14-17/h3-8,13-15H,9-12H2,1-2H3,(H,28,29). The Morgan fingerprint density at radius 3 is 2.28 bits per heavy atom. The van der Waals surface area contributed by atoms with Crippen LogP contribution in [0.25, 0.3) is 33.3 Å². The Labute approximate surface area is 185 Å². The van der Waals surface area contributed by atoms with Gasteiger partial charge in [-0.05, 0) is 48.5 Å². The maximum absolute atomic E-state index is 14.5. The highest BCUT2D eigenvalue weighted by atomic mass is 19.1. The largest absolute Gasteiger partial charge is 0.491 e. The molecule has 1 saturated heterocycles. The summed E-state index contributed by atoms with van der Waals surface area (Å²) in [4.78, 5) is 12.3. The SMILES string of the molecule is COc1c(F)cc(-c2cnc3[nH]ccc3c2-c2ccc(N3CCN(C)CC3)cc2)cc1F. The van der Waals surface area contributed by atoms with Crippen molar-refractivity contribution in [3.05, 3.63) is 66.5 Å². The molecule has 5 rings (SSSR count). The molecule has 164 valence electrons. The molecule has 32 heavy (non-hydrogen) atoms. The summed E-state index contributed by atoms with van der Waals surface area (Å²) in [6, 6.07) is 12.9. The van der Waals surface area contributed by atoms with Crippen molar-refractivity contribution in [3.8, 4) is 28.0 Å². The van der Waals surface area contributed by atoms with Crippen LogP contribution in [0.3, 0.4) is 0 Å². The zero-order valence-electron chi connectivity index (χ0n) is 18.0. The monoisotopic (exact) mass is 434 g/mol. The molecule has 0 radical (unpaired) electrons. The van der Waals surface area contributed by atoms with E-state index in [1.807, 2.05) is 12.3 Å². The predicted octanol–water partition coefficient (Wildman–Crippen LogP) is 4.94. The van der Waals surface area contributed by atoms with Crippen molar-refractivity contribution in [2.45, 2.75) is 0 Å². The van der Waals surface area contributed by atoms with E-state index in [0.29, 0.717) is 11.1 Å². The predicted molar refractivity (Wildman–Crippen MR) is 123 cm³/mol. The Morgan fingerprint density at radius 1 is 0.938 bits per heavy atom. The number of benzene rings is 2. The molecule has 0 bridgehead atoms. The summed E-state index contributed by atoms with van der Waals surface area (Å²) in [6.07, 6.45) is 3.47. The number of aromatic nitrogens is 2. The number of likely N-dealkylation sites (N-methyl/N-ethyl adjacent to an activating group) is 1. The third-order valence-electron chi connectivity index (χ3n) is 6.12. The van der Waals surface area contributed by atoms with Gasteiger partial charge < -0.3 is 19.5 Å². The van der Waals surface area contributed by atoms with E-state index in [1.165, 1.54) is 24.9 Å². The smallest absolute Gasteiger partial charge is 0.190 e. The van der Waals surface area contributed by atoms with E-state index in [4.69, 9.17) is 4.74 Å². The molecule has 0 aliphatic carbocycles. The number of H-pyrrole nitrogens is 1. The fourth-order valence-corrected chi connectivity index (χ4v) is 4.35. The molecular formula is C25H24F2N4O. The van der Waals surface area contributed by atoms with Crippen molar-refractivity contribution in [2.24, 2.45) is 0 Å². The topological polar surface area (TPSA) is 44.4 Å². The maximum Gasteiger partial charge on any atom is 0.190 e. The summed E-state index contributed by atoms with van der Waals surface area (Å²) in [5.41, 5.74) is 4.80. The van der Waals surface area contributed by atoms with Crippen LogP contribution in [0, 0.1) is 11.6 Å². The van der Waals surface area contributed by atoms with Gasteiger partial charge in [0.25, 0.3) is 0 Å². The summed E-state index contributed by atoms with van der Waals surface area (Å²) in [7, 11) is 3.39. The number of rotatable bonds is 4. The Bertz CT molecular complexity index is 1240. The molecule has 1 fully saturated rings. The van der Waals surface area contributed by atoms with Crippen molar-refractivity contribution in [2.75, 3.05) is 45.2 Å². The van der Waals surface area contributed by atoms with Crippen molar-refractivity contribution in [1.82, 2.24) is 14.9 Å². The fourth-order valence-electron chi connectivity index (χ4n) is 4.35. The zero-order chi connectivity index (χ0) is 22.2. The molecule has 2 aromatic heterocycles. The summed E-state index contributed by atoms with van der Waals surface area (Å²) in [6.45, 7) is 4.05. The summed E-state index contributed by atoms with van der Waals surface area (Å²) >= 11 is 0. The first-order chi connectivity index (χ1) is 15.5. The van der Waals surface area contributed by atoms with Crippen molar-refractivity contribution in [1.29, 1.82) is 0 Å². The molecule has 7 heteroatoms. The lowest BCUT2D eigenvalue weighted by Gasteiger charge is -2.34. The third-order valence-corrected chi connectivity index (χ3v) is 6.12. The first-order valence-corrected chi connectivity index (χ1v) is 10.6. The van der Waals surface area contributed by atoms with Gasteiger partial charge in [-0.3, -0.25) is 0 Å². The van der Waals surface area contributed by atoms with Gasteiger partial charge in [-0.1, -0.05) is 12.1 Å². The van der Waals surface area contributed by atoms with Crippen LogP contribution in [0.4, 0.5) is 14.5 Å². The summed E-state index contributed by atoms with van der Waals surface area (Å²) in [5, 5.41) is 0.895. The first-order valence-electron chi connectivity index (χ1n) is 10.6. The highest BCUT2D eigenvalue weighted by Gasteiger charge is 2.19. The van der Waals surface area contributed by atoms with Gasteiger partial charge in [0.2, 0.25) is 0 Å². The number of pyridine rings is 1. The molecule has 4 aromatic rings. The van der Waals surface area contributed by atoms with Gasteiger partial charge >= 0.3 is 0 Å². The molecule has 0 unspecified atom stereocenters. The van der Waals surface area contributed by atoms with Crippen LogP contribution in [-0.2, 0) is 0 Å². The van der Waals surface area contributed by atoms with E-state index in [9.17, 15) is 8.78 Å². The Balaban J connectivity index is 1.60. The molecule has 1 aliphatic heterocycles. The van der Waals surface area contributed by atoms with Gasteiger partial charge in [-0.15, -0.1) is 0 Å². The second kappa shape index (κ2) is 8.24. The molecule has 5 nitrogen and oxygen atoms in total. The second-order valence-corrected chi connectivity index (χ2v) is 8.10. The van der Waals surface area contributed by atoms with Crippen molar-refractivity contribution < 1.29 is 13.5 Å². The van der Waals surface area contributed by atoms with E-state index in [2.05, 4.69) is 51.1 Å². The normalized spacial score (nSPS) is 14.8. The fraction of sp³-hybridized carbons (Fsp3) is 0.240. The van der Waals surface area contributed by atoms with Crippen LogP contribution in [0.5, 0.6) is 5.75 Å². The van der Waals surface area contributed by atoms with Crippen LogP contribution >= 0.6 is 0 Å². The van der Waals surface area contributed by atoms with E-state index in [0.717, 1.165) is 48.3 Å². The minimum absolute atomic E-state index is 0.387. The number of nitrogens with zero attached hydrogens (tertiary/aromatic N) is 3. The van der Waals surface area contributed by atoms with E-state index in [1.54, 1.807) is 6.20 Å². The number of hydrogen-bond acceptors (Lipinski definition) is 4. The first kappa shape index (κ1) is 20.5. The number of halogens is 2. The van der Waals surface area contributed by atoms with Gasteiger partial charge in [-0.25, -0.2) is 13.8 Å². The highest BCUT2D eigenvalue weighted by molar-refractivity contribution is 6.01. The van der Waals surface area contributed by atoms with Gasteiger partial charge in [0.05, 0.1) is 7.11 Å². The number of anilines is 1. The number of ether oxygens (including phenoxy) is 1. The lowest BCUT2D eigenvalue weighted by atomic mass is 9.93. The molecular weight excluding hydrogens is 410 g/mol. The van der Waals surface area contributed by atoms with Crippen LogP contribution in [0.1, 0.15) is 0 Å². The molecule has 2 aromatic carbocycles. The quantitative estimate of drug-likeness (QED) is 0.494. The average Bonchev–Trinajstić information content (AvgIpc) is 3.28. The van der Waals surface area contributed by atoms with E-state index >= 15 is 0 Å². The minimum Gasteiger partial charge on any atom is -0.491 e. The van der Waals surface area contributed by atoms with Crippen LogP contribution in [0.2, 0.25) is 0 Å². The van der Waals surface area contributed by atoms with Crippen molar-refractivity contribution in [3.63, 3.8) is 0 Å². The number of hydrogen-bond donors (Lipinski definition) is 1. The van der Waals surface area contributed by atoms with Crippen LogP contribution in [-0.4, -0.2) is 55.2 Å². The number of nitrogens with one attached hydrogen (secondary N) is 1. The minimum atomic E-state index is -0.743. The third kappa shape index (κ3) is 3.58. The molecule has 0 amide bonds. The Hall–Kier alpha value is -3.45. The Kier molecular flexibility index (Phi) is 5.27. The molecule has 0 saturated carbocycles. The number of piperazine rings is 1. The van der Waals surface area contributed by atoms with E-state index < -0.39 is 11.6 Å². The van der Waals surface area contributed by atoms with Gasteiger partial charge in [-0.2, -0.15) is 0 Å². The second-order valence-electron chi connectivity index (χ2n) is 8.10. The zero-order valence-corrected chi connectivity index (χ0v) is 18.0. The molecule has 1 aliphatic rings. The number of methoxy groups -OCH3 is 1. The Morgan fingerprint density at radius 2 is 1.62 bits per heavy atom. The summed E-state index contributed by atoms with van der Waals surface area (Å²) in [5.74, 6) is -1.87. The molecule has 0 spiro atoms. The van der Waals surface area contributed by atoms with Gasteiger partial charge in [0, 0.05) is 60.8 Å². The maximum atomic E-state index is 14.5. The van der Waals surface area contributed by atoms with Crippen molar-refractivity contribution >= 4 is 16.7 Å². The molecule has 3 heterocycles. The average molecular weight is 434 g/mol. The van der Waals surface area contributed by atoms with Gasteiger partial charge in [0.15, 0.2) is 17.4 Å². The summed E-state index contributed by atoms with van der Waals surface area (Å²) < 4.78 is 33.8. The lowest BCUT2D eigenvalue weighted by molar-refractivity contribution is 0.313. The molecule has 0 atom stereocenters. The van der Waals surface area contributed by atoms with Crippen LogP contribution in [0.15, 0.2) is 54.9 Å². The van der Waals surface area contributed by atoms with Crippen LogP contribution < -0.4 is 9.64 Å². The number of fused-ring (bicyclic) bond motifs is 1. The van der Waals surface area contributed by atoms with E-state index in [-0.39, 0.29) is 5.75 Å². The highest BCUT2D eigenvalue weighted by Crippen LogP contribution is 2.39. The van der Waals surface area contributed by atoms with Gasteiger partial charge in [0.1, 0.15) is 5.65 Å². The lowest BCUT2D eigenvalue weighted by Crippen LogP contribution is -2.44. The number of aromatic amines is 1. The molecule has 1 N–H and O–H groups in total.